The minimum Gasteiger partial charge on any atom is -0.311 e. The number of likely N-dealkylation sites (tertiary alicyclic amines) is 1. The minimum absolute atomic E-state index is 0.110. The molecule has 2 unspecified atom stereocenters. The van der Waals surface area contributed by atoms with Crippen molar-refractivity contribution in [2.75, 3.05) is 26.2 Å². The van der Waals surface area contributed by atoms with Gasteiger partial charge in [-0.2, -0.15) is 5.26 Å². The van der Waals surface area contributed by atoms with E-state index in [2.05, 4.69) is 46.6 Å². The van der Waals surface area contributed by atoms with Crippen LogP contribution in [0, 0.1) is 17.2 Å². The molecule has 0 bridgehead atoms. The molecule has 3 heteroatoms. The highest BCUT2D eigenvalue weighted by Gasteiger charge is 2.21. The second kappa shape index (κ2) is 7.28. The number of nitriles is 1. The zero-order valence-electron chi connectivity index (χ0n) is 11.7. The third kappa shape index (κ3) is 4.66. The van der Waals surface area contributed by atoms with Crippen LogP contribution in [-0.4, -0.2) is 37.1 Å². The van der Waals surface area contributed by atoms with E-state index < -0.39 is 0 Å². The van der Waals surface area contributed by atoms with E-state index in [1.807, 2.05) is 6.92 Å². The van der Waals surface area contributed by atoms with Gasteiger partial charge in [0.05, 0.1) is 12.0 Å². The number of rotatable bonds is 6. The molecule has 1 aromatic carbocycles. The first-order chi connectivity index (χ1) is 9.28. The SMILES string of the molecule is CC(C#N)CNC1CCN(CCc2ccccc2)C1. The van der Waals surface area contributed by atoms with Crippen LogP contribution in [-0.2, 0) is 6.42 Å². The fourth-order valence-corrected chi connectivity index (χ4v) is 2.52. The summed E-state index contributed by atoms with van der Waals surface area (Å²) in [5, 5.41) is 12.3. The summed E-state index contributed by atoms with van der Waals surface area (Å²) >= 11 is 0. The minimum atomic E-state index is 0.110. The Morgan fingerprint density at radius 2 is 2.21 bits per heavy atom. The van der Waals surface area contributed by atoms with Crippen molar-refractivity contribution in [1.29, 1.82) is 5.26 Å². The molecular formula is C16H23N3. The molecule has 1 fully saturated rings. The zero-order chi connectivity index (χ0) is 13.5. The predicted molar refractivity (Wildman–Crippen MR) is 77.8 cm³/mol. The Kier molecular flexibility index (Phi) is 5.38. The van der Waals surface area contributed by atoms with Gasteiger partial charge in [-0.15, -0.1) is 0 Å². The first-order valence-electron chi connectivity index (χ1n) is 7.17. The first kappa shape index (κ1) is 14.0. The Morgan fingerprint density at radius 3 is 2.95 bits per heavy atom. The monoisotopic (exact) mass is 257 g/mol. The van der Waals surface area contributed by atoms with Gasteiger partial charge in [0.15, 0.2) is 0 Å². The second-order valence-corrected chi connectivity index (χ2v) is 5.46. The van der Waals surface area contributed by atoms with E-state index in [1.54, 1.807) is 0 Å². The lowest BCUT2D eigenvalue weighted by Gasteiger charge is -2.17. The van der Waals surface area contributed by atoms with Crippen LogP contribution in [0.3, 0.4) is 0 Å². The highest BCUT2D eigenvalue weighted by atomic mass is 15.2. The first-order valence-corrected chi connectivity index (χ1v) is 7.17. The van der Waals surface area contributed by atoms with Crippen LogP contribution in [0.2, 0.25) is 0 Å². The van der Waals surface area contributed by atoms with E-state index in [-0.39, 0.29) is 5.92 Å². The molecule has 1 aliphatic rings. The number of hydrogen-bond donors (Lipinski definition) is 1. The van der Waals surface area contributed by atoms with Crippen LogP contribution in [0.15, 0.2) is 30.3 Å². The van der Waals surface area contributed by atoms with Crippen molar-refractivity contribution in [1.82, 2.24) is 10.2 Å². The van der Waals surface area contributed by atoms with Gasteiger partial charge in [0.2, 0.25) is 0 Å². The molecule has 1 aromatic rings. The quantitative estimate of drug-likeness (QED) is 0.848. The molecule has 2 atom stereocenters. The fourth-order valence-electron chi connectivity index (χ4n) is 2.52. The highest BCUT2D eigenvalue weighted by Crippen LogP contribution is 2.11. The molecule has 0 radical (unpaired) electrons. The van der Waals surface area contributed by atoms with Crippen LogP contribution in [0.25, 0.3) is 0 Å². The van der Waals surface area contributed by atoms with Gasteiger partial charge in [0.1, 0.15) is 0 Å². The largest absolute Gasteiger partial charge is 0.311 e. The van der Waals surface area contributed by atoms with Gasteiger partial charge in [0, 0.05) is 25.7 Å². The smallest absolute Gasteiger partial charge is 0.0666 e. The van der Waals surface area contributed by atoms with E-state index in [9.17, 15) is 0 Å². The summed E-state index contributed by atoms with van der Waals surface area (Å²) in [6.07, 6.45) is 2.33. The van der Waals surface area contributed by atoms with Crippen molar-refractivity contribution in [2.45, 2.75) is 25.8 Å². The Labute approximate surface area is 116 Å². The molecule has 1 saturated heterocycles. The third-order valence-electron chi connectivity index (χ3n) is 3.77. The lowest BCUT2D eigenvalue weighted by molar-refractivity contribution is 0.330. The summed E-state index contributed by atoms with van der Waals surface area (Å²) in [6.45, 7) is 6.20. The molecular weight excluding hydrogens is 234 g/mol. The van der Waals surface area contributed by atoms with Crippen LogP contribution < -0.4 is 5.32 Å². The Bertz CT molecular complexity index is 410. The van der Waals surface area contributed by atoms with Gasteiger partial charge in [-0.05, 0) is 31.9 Å². The van der Waals surface area contributed by atoms with Crippen LogP contribution in [0.4, 0.5) is 0 Å². The van der Waals surface area contributed by atoms with E-state index in [1.165, 1.54) is 18.5 Å². The van der Waals surface area contributed by atoms with Gasteiger partial charge in [0.25, 0.3) is 0 Å². The zero-order valence-corrected chi connectivity index (χ0v) is 11.7. The summed E-state index contributed by atoms with van der Waals surface area (Å²) in [7, 11) is 0. The fraction of sp³-hybridized carbons (Fsp3) is 0.562. The number of nitrogens with one attached hydrogen (secondary N) is 1. The average molecular weight is 257 g/mol. The van der Waals surface area contributed by atoms with Gasteiger partial charge >= 0.3 is 0 Å². The van der Waals surface area contributed by atoms with Crippen molar-refractivity contribution in [3.05, 3.63) is 35.9 Å². The Balaban J connectivity index is 1.66. The summed E-state index contributed by atoms with van der Waals surface area (Å²) in [6, 6.07) is 13.5. The average Bonchev–Trinajstić information content (AvgIpc) is 2.91. The molecule has 0 saturated carbocycles. The second-order valence-electron chi connectivity index (χ2n) is 5.46. The summed E-state index contributed by atoms with van der Waals surface area (Å²) in [5.41, 5.74) is 1.41. The van der Waals surface area contributed by atoms with Crippen LogP contribution >= 0.6 is 0 Å². The molecule has 1 heterocycles. The van der Waals surface area contributed by atoms with Crippen molar-refractivity contribution in [2.24, 2.45) is 5.92 Å². The molecule has 0 spiro atoms. The lowest BCUT2D eigenvalue weighted by atomic mass is 10.1. The lowest BCUT2D eigenvalue weighted by Crippen LogP contribution is -2.35. The maximum absolute atomic E-state index is 8.77. The van der Waals surface area contributed by atoms with Crippen LogP contribution in [0.5, 0.6) is 0 Å². The van der Waals surface area contributed by atoms with Gasteiger partial charge in [-0.1, -0.05) is 30.3 Å². The molecule has 1 aliphatic heterocycles. The number of nitrogens with zero attached hydrogens (tertiary/aromatic N) is 2. The highest BCUT2D eigenvalue weighted by molar-refractivity contribution is 5.14. The molecule has 19 heavy (non-hydrogen) atoms. The van der Waals surface area contributed by atoms with E-state index in [0.29, 0.717) is 6.04 Å². The number of benzene rings is 1. The maximum atomic E-state index is 8.77. The predicted octanol–water partition coefficient (Wildman–Crippen LogP) is 2.05. The van der Waals surface area contributed by atoms with E-state index in [4.69, 9.17) is 5.26 Å². The van der Waals surface area contributed by atoms with Crippen molar-refractivity contribution >= 4 is 0 Å². The topological polar surface area (TPSA) is 39.1 Å². The summed E-state index contributed by atoms with van der Waals surface area (Å²) in [5.74, 6) is 0.110. The molecule has 2 rings (SSSR count). The van der Waals surface area contributed by atoms with Crippen LogP contribution in [0.1, 0.15) is 18.9 Å². The molecule has 0 aliphatic carbocycles. The Hall–Kier alpha value is -1.37. The van der Waals surface area contributed by atoms with E-state index in [0.717, 1.165) is 26.1 Å². The van der Waals surface area contributed by atoms with Gasteiger partial charge in [-0.25, -0.2) is 0 Å². The van der Waals surface area contributed by atoms with Crippen molar-refractivity contribution in [3.8, 4) is 6.07 Å². The van der Waals surface area contributed by atoms with Gasteiger partial charge in [-0.3, -0.25) is 0 Å². The summed E-state index contributed by atoms with van der Waals surface area (Å²) < 4.78 is 0. The Morgan fingerprint density at radius 1 is 1.42 bits per heavy atom. The van der Waals surface area contributed by atoms with Crippen molar-refractivity contribution < 1.29 is 0 Å². The number of hydrogen-bond acceptors (Lipinski definition) is 3. The molecule has 102 valence electrons. The third-order valence-corrected chi connectivity index (χ3v) is 3.77. The summed E-state index contributed by atoms with van der Waals surface area (Å²) in [4.78, 5) is 2.52. The molecule has 1 N–H and O–H groups in total. The maximum Gasteiger partial charge on any atom is 0.0666 e. The normalized spacial score (nSPS) is 21.2. The molecule has 3 nitrogen and oxygen atoms in total. The van der Waals surface area contributed by atoms with Gasteiger partial charge < -0.3 is 10.2 Å². The molecule has 0 aromatic heterocycles. The van der Waals surface area contributed by atoms with E-state index >= 15 is 0 Å². The van der Waals surface area contributed by atoms with Crippen molar-refractivity contribution in [3.63, 3.8) is 0 Å². The molecule has 0 amide bonds. The standard InChI is InChI=1S/C16H23N3/c1-14(11-17)12-18-16-8-10-19(13-16)9-7-15-5-3-2-4-6-15/h2-6,14,16,18H,7-10,12-13H2,1H3.